The Hall–Kier alpha value is -1.34. The van der Waals surface area contributed by atoms with E-state index in [9.17, 15) is 4.79 Å². The van der Waals surface area contributed by atoms with Gasteiger partial charge in [-0.2, -0.15) is 4.37 Å². The highest BCUT2D eigenvalue weighted by molar-refractivity contribution is 7.11. The first kappa shape index (κ1) is 14.6. The number of aromatic nitrogens is 1. The van der Waals surface area contributed by atoms with Crippen LogP contribution < -0.4 is 16.4 Å². The summed E-state index contributed by atoms with van der Waals surface area (Å²) in [4.78, 5) is 14.4. The Bertz CT molecular complexity index is 517. The predicted octanol–water partition coefficient (Wildman–Crippen LogP) is 1.37. The summed E-state index contributed by atoms with van der Waals surface area (Å²) in [5.74, 6) is 0.803. The minimum atomic E-state index is -0.174. The minimum Gasteiger partial charge on any atom is -0.382 e. The second-order valence-corrected chi connectivity index (χ2v) is 6.89. The van der Waals surface area contributed by atoms with Crippen LogP contribution in [-0.2, 0) is 0 Å². The fourth-order valence-electron chi connectivity index (χ4n) is 3.70. The topological polar surface area (TPSA) is 83.3 Å². The molecule has 4 N–H and O–H groups in total. The van der Waals surface area contributed by atoms with Crippen molar-refractivity contribution < 1.29 is 4.79 Å². The molecule has 0 aliphatic carbocycles. The SMILES string of the molecule is CNC(=O)c1c(N)nsc1NCC1CC2CCC(C1)N2C. The largest absolute Gasteiger partial charge is 0.382 e. The van der Waals surface area contributed by atoms with Gasteiger partial charge in [0.2, 0.25) is 0 Å². The van der Waals surface area contributed by atoms with Crippen molar-refractivity contribution in [1.82, 2.24) is 14.6 Å². The Morgan fingerprint density at radius 2 is 2.10 bits per heavy atom. The zero-order valence-electron chi connectivity index (χ0n) is 12.6. The molecule has 6 nitrogen and oxygen atoms in total. The molecule has 0 aromatic carbocycles. The van der Waals surface area contributed by atoms with Gasteiger partial charge in [0.15, 0.2) is 5.82 Å². The summed E-state index contributed by atoms with van der Waals surface area (Å²) in [6.45, 7) is 0.895. The summed E-state index contributed by atoms with van der Waals surface area (Å²) in [5, 5.41) is 6.81. The molecule has 2 bridgehead atoms. The van der Waals surface area contributed by atoms with Crippen molar-refractivity contribution in [1.29, 1.82) is 0 Å². The van der Waals surface area contributed by atoms with E-state index < -0.39 is 0 Å². The van der Waals surface area contributed by atoms with Crippen LogP contribution in [-0.4, -0.2) is 47.9 Å². The quantitative estimate of drug-likeness (QED) is 0.782. The van der Waals surface area contributed by atoms with Crippen molar-refractivity contribution in [2.75, 3.05) is 31.7 Å². The molecule has 2 aliphatic heterocycles. The van der Waals surface area contributed by atoms with Crippen LogP contribution in [0.25, 0.3) is 0 Å². The molecule has 2 saturated heterocycles. The van der Waals surface area contributed by atoms with Crippen LogP contribution in [0.5, 0.6) is 0 Å². The number of piperidine rings is 1. The Morgan fingerprint density at radius 3 is 2.71 bits per heavy atom. The number of nitrogen functional groups attached to an aromatic ring is 1. The van der Waals surface area contributed by atoms with E-state index in [2.05, 4.69) is 27.0 Å². The Labute approximate surface area is 129 Å². The van der Waals surface area contributed by atoms with Gasteiger partial charge in [0, 0.05) is 25.7 Å². The first-order chi connectivity index (χ1) is 10.1. The van der Waals surface area contributed by atoms with Gasteiger partial charge in [-0.15, -0.1) is 0 Å². The monoisotopic (exact) mass is 309 g/mol. The van der Waals surface area contributed by atoms with Gasteiger partial charge in [0.1, 0.15) is 10.6 Å². The second kappa shape index (κ2) is 5.81. The number of fused-ring (bicyclic) bond motifs is 2. The highest BCUT2D eigenvalue weighted by Gasteiger charge is 2.38. The Balaban J connectivity index is 1.63. The first-order valence-electron chi connectivity index (χ1n) is 7.53. The molecule has 3 heterocycles. The number of carbonyl (C=O) groups is 1. The standard InChI is InChI=1S/C14H23N5OS/c1-16-13(20)11-12(15)18-21-14(11)17-7-8-5-9-3-4-10(6-8)19(9)2/h8-10,17H,3-7H2,1-2H3,(H2,15,18)(H,16,20). The summed E-state index contributed by atoms with van der Waals surface area (Å²) in [7, 11) is 3.86. The van der Waals surface area contributed by atoms with Crippen molar-refractivity contribution in [3.8, 4) is 0 Å². The summed E-state index contributed by atoms with van der Waals surface area (Å²) in [6.07, 6.45) is 5.14. The molecule has 2 atom stereocenters. The van der Waals surface area contributed by atoms with Crippen LogP contribution in [0.2, 0.25) is 0 Å². The third-order valence-electron chi connectivity index (χ3n) is 4.92. The summed E-state index contributed by atoms with van der Waals surface area (Å²) in [6, 6.07) is 1.47. The number of anilines is 2. The fraction of sp³-hybridized carbons (Fsp3) is 0.714. The number of amides is 1. The van der Waals surface area contributed by atoms with E-state index in [0.29, 0.717) is 17.3 Å². The average Bonchev–Trinajstić information content (AvgIpc) is 2.92. The molecule has 21 heavy (non-hydrogen) atoms. The molecule has 116 valence electrons. The van der Waals surface area contributed by atoms with Gasteiger partial charge in [0.05, 0.1) is 0 Å². The van der Waals surface area contributed by atoms with Crippen molar-refractivity contribution in [3.63, 3.8) is 0 Å². The molecule has 0 spiro atoms. The minimum absolute atomic E-state index is 0.174. The van der Waals surface area contributed by atoms with E-state index in [1.807, 2.05) is 0 Å². The Morgan fingerprint density at radius 1 is 1.43 bits per heavy atom. The van der Waals surface area contributed by atoms with Crippen LogP contribution in [0.15, 0.2) is 0 Å². The molecule has 7 heteroatoms. The maximum Gasteiger partial charge on any atom is 0.257 e. The maximum absolute atomic E-state index is 11.9. The molecule has 3 rings (SSSR count). The zero-order chi connectivity index (χ0) is 15.0. The van der Waals surface area contributed by atoms with E-state index in [0.717, 1.165) is 23.6 Å². The van der Waals surface area contributed by atoms with Crippen molar-refractivity contribution >= 4 is 28.3 Å². The van der Waals surface area contributed by atoms with Gasteiger partial charge in [-0.1, -0.05) is 0 Å². The average molecular weight is 309 g/mol. The van der Waals surface area contributed by atoms with Crippen molar-refractivity contribution in [3.05, 3.63) is 5.56 Å². The van der Waals surface area contributed by atoms with E-state index in [1.165, 1.54) is 37.2 Å². The molecule has 2 aliphatic rings. The maximum atomic E-state index is 11.9. The van der Waals surface area contributed by atoms with Crippen molar-refractivity contribution in [2.24, 2.45) is 5.92 Å². The molecule has 0 saturated carbocycles. The normalized spacial score (nSPS) is 28.6. The third-order valence-corrected chi connectivity index (χ3v) is 5.74. The van der Waals surface area contributed by atoms with E-state index in [1.54, 1.807) is 7.05 Å². The van der Waals surface area contributed by atoms with Gasteiger partial charge in [-0.05, 0) is 50.2 Å². The lowest BCUT2D eigenvalue weighted by Crippen LogP contribution is -2.41. The number of hydrogen-bond donors (Lipinski definition) is 3. The van der Waals surface area contributed by atoms with Crippen LogP contribution in [0.1, 0.15) is 36.0 Å². The van der Waals surface area contributed by atoms with E-state index in [4.69, 9.17) is 5.73 Å². The van der Waals surface area contributed by atoms with E-state index in [-0.39, 0.29) is 5.91 Å². The summed E-state index contributed by atoms with van der Waals surface area (Å²) >= 11 is 1.27. The molecule has 1 aromatic heterocycles. The lowest BCUT2D eigenvalue weighted by atomic mass is 9.91. The summed E-state index contributed by atoms with van der Waals surface area (Å²) in [5.41, 5.74) is 6.28. The lowest BCUT2D eigenvalue weighted by Gasteiger charge is -2.36. The number of nitrogens with one attached hydrogen (secondary N) is 2. The van der Waals surface area contributed by atoms with Crippen LogP contribution in [0, 0.1) is 5.92 Å². The number of hydrogen-bond acceptors (Lipinski definition) is 6. The summed E-state index contributed by atoms with van der Waals surface area (Å²) < 4.78 is 4.09. The highest BCUT2D eigenvalue weighted by Crippen LogP contribution is 2.37. The van der Waals surface area contributed by atoms with Crippen LogP contribution in [0.4, 0.5) is 10.8 Å². The molecule has 0 radical (unpaired) electrons. The van der Waals surface area contributed by atoms with Crippen LogP contribution in [0.3, 0.4) is 0 Å². The van der Waals surface area contributed by atoms with E-state index >= 15 is 0 Å². The fourth-order valence-corrected chi connectivity index (χ4v) is 4.41. The lowest BCUT2D eigenvalue weighted by molar-refractivity contribution is 0.0965. The number of carbonyl (C=O) groups excluding carboxylic acids is 1. The number of nitrogens with zero attached hydrogens (tertiary/aromatic N) is 2. The van der Waals surface area contributed by atoms with Gasteiger partial charge in [-0.3, -0.25) is 4.79 Å². The smallest absolute Gasteiger partial charge is 0.257 e. The zero-order valence-corrected chi connectivity index (χ0v) is 13.4. The van der Waals surface area contributed by atoms with Crippen LogP contribution >= 0.6 is 11.5 Å². The number of nitrogens with two attached hydrogens (primary N) is 1. The molecule has 1 amide bonds. The molecule has 1 aromatic rings. The molecule has 2 unspecified atom stereocenters. The van der Waals surface area contributed by atoms with Gasteiger partial charge >= 0.3 is 0 Å². The molecule has 2 fully saturated rings. The first-order valence-corrected chi connectivity index (χ1v) is 8.30. The molecular weight excluding hydrogens is 286 g/mol. The predicted molar refractivity (Wildman–Crippen MR) is 85.7 cm³/mol. The van der Waals surface area contributed by atoms with Crippen molar-refractivity contribution in [2.45, 2.75) is 37.8 Å². The van der Waals surface area contributed by atoms with Gasteiger partial charge in [-0.25, -0.2) is 0 Å². The van der Waals surface area contributed by atoms with Gasteiger partial charge in [0.25, 0.3) is 5.91 Å². The Kier molecular flexibility index (Phi) is 4.03. The number of rotatable bonds is 4. The highest BCUT2D eigenvalue weighted by atomic mass is 32.1. The van der Waals surface area contributed by atoms with Gasteiger partial charge < -0.3 is 21.3 Å². The third kappa shape index (κ3) is 2.72. The second-order valence-electron chi connectivity index (χ2n) is 6.12. The molecular formula is C14H23N5OS.